The molecule has 0 aliphatic carbocycles. The van der Waals surface area contributed by atoms with E-state index >= 15 is 0 Å². The summed E-state index contributed by atoms with van der Waals surface area (Å²) in [5, 5.41) is 10.7. The SMILES string of the molecule is O=C(c1ccc(F)c(F)c1F)N1CCCN(c2ccc([N+](=O)[O-])cn2)CC1. The minimum Gasteiger partial charge on any atom is -0.355 e. The number of hydrogen-bond acceptors (Lipinski definition) is 5. The summed E-state index contributed by atoms with van der Waals surface area (Å²) in [5.74, 6) is -4.72. The molecule has 1 aliphatic rings. The van der Waals surface area contributed by atoms with Gasteiger partial charge in [0, 0.05) is 32.2 Å². The van der Waals surface area contributed by atoms with Gasteiger partial charge in [-0.15, -0.1) is 0 Å². The molecule has 0 spiro atoms. The zero-order chi connectivity index (χ0) is 19.6. The lowest BCUT2D eigenvalue weighted by Gasteiger charge is -2.23. The summed E-state index contributed by atoms with van der Waals surface area (Å²) in [6.45, 7) is 1.42. The highest BCUT2D eigenvalue weighted by atomic mass is 19.2. The fourth-order valence-corrected chi connectivity index (χ4v) is 2.88. The number of amides is 1. The van der Waals surface area contributed by atoms with Crippen LogP contribution in [0, 0.1) is 27.6 Å². The van der Waals surface area contributed by atoms with Crippen LogP contribution in [0.3, 0.4) is 0 Å². The number of aromatic nitrogens is 1. The number of hydrogen-bond donors (Lipinski definition) is 0. The van der Waals surface area contributed by atoms with Gasteiger partial charge in [-0.2, -0.15) is 0 Å². The largest absolute Gasteiger partial charge is 0.355 e. The average Bonchev–Trinajstić information content (AvgIpc) is 2.92. The molecule has 0 N–H and O–H groups in total. The number of nitro groups is 1. The Kier molecular flexibility index (Phi) is 5.24. The Bertz CT molecular complexity index is 876. The van der Waals surface area contributed by atoms with Crippen molar-refractivity contribution >= 4 is 17.4 Å². The average molecular weight is 380 g/mol. The van der Waals surface area contributed by atoms with E-state index in [0.717, 1.165) is 18.3 Å². The Morgan fingerprint density at radius 3 is 2.48 bits per heavy atom. The Morgan fingerprint density at radius 1 is 1.04 bits per heavy atom. The summed E-state index contributed by atoms with van der Waals surface area (Å²) in [6.07, 6.45) is 1.69. The summed E-state index contributed by atoms with van der Waals surface area (Å²) in [4.78, 5) is 29.9. The van der Waals surface area contributed by atoms with Gasteiger partial charge in [-0.1, -0.05) is 0 Å². The smallest absolute Gasteiger partial charge is 0.287 e. The van der Waals surface area contributed by atoms with E-state index in [1.807, 2.05) is 4.90 Å². The maximum Gasteiger partial charge on any atom is 0.287 e. The van der Waals surface area contributed by atoms with Gasteiger partial charge in [0.15, 0.2) is 17.5 Å². The van der Waals surface area contributed by atoms with Gasteiger partial charge in [0.25, 0.3) is 11.6 Å². The number of carbonyl (C=O) groups is 1. The van der Waals surface area contributed by atoms with Gasteiger partial charge in [-0.25, -0.2) is 18.2 Å². The van der Waals surface area contributed by atoms with Gasteiger partial charge in [-0.3, -0.25) is 14.9 Å². The van der Waals surface area contributed by atoms with Crippen LogP contribution in [0.2, 0.25) is 0 Å². The summed E-state index contributed by atoms with van der Waals surface area (Å²) < 4.78 is 40.3. The van der Waals surface area contributed by atoms with Gasteiger partial charge < -0.3 is 9.80 Å². The summed E-state index contributed by atoms with van der Waals surface area (Å²) in [6, 6.07) is 4.50. The van der Waals surface area contributed by atoms with E-state index in [9.17, 15) is 28.1 Å². The zero-order valence-electron chi connectivity index (χ0n) is 14.1. The molecular weight excluding hydrogens is 365 g/mol. The van der Waals surface area contributed by atoms with Crippen LogP contribution in [0.15, 0.2) is 30.5 Å². The molecule has 0 atom stereocenters. The highest BCUT2D eigenvalue weighted by molar-refractivity contribution is 5.94. The number of halogens is 3. The second-order valence-corrected chi connectivity index (χ2v) is 5.99. The first-order valence-corrected chi connectivity index (χ1v) is 8.16. The molecule has 0 radical (unpaired) electrons. The highest BCUT2D eigenvalue weighted by Gasteiger charge is 2.25. The molecule has 0 bridgehead atoms. The number of anilines is 1. The van der Waals surface area contributed by atoms with Crippen LogP contribution in [-0.2, 0) is 0 Å². The minimum absolute atomic E-state index is 0.126. The third-order valence-corrected chi connectivity index (χ3v) is 4.32. The second kappa shape index (κ2) is 7.60. The predicted octanol–water partition coefficient (Wildman–Crippen LogP) is 2.76. The molecule has 10 heteroatoms. The molecule has 0 unspecified atom stereocenters. The standard InChI is InChI=1S/C17H15F3N4O3/c18-13-4-3-12(15(19)16(13)20)17(25)23-7-1-6-22(8-9-23)14-5-2-11(10-21-14)24(26)27/h2-5,10H,1,6-9H2. The maximum atomic E-state index is 13.9. The van der Waals surface area contributed by atoms with E-state index in [2.05, 4.69) is 4.98 Å². The van der Waals surface area contributed by atoms with Crippen molar-refractivity contribution in [1.82, 2.24) is 9.88 Å². The Balaban J connectivity index is 1.72. The fourth-order valence-electron chi connectivity index (χ4n) is 2.88. The van der Waals surface area contributed by atoms with Gasteiger partial charge in [0.1, 0.15) is 12.0 Å². The summed E-state index contributed by atoms with van der Waals surface area (Å²) in [7, 11) is 0. The van der Waals surface area contributed by atoms with Crippen molar-refractivity contribution in [3.63, 3.8) is 0 Å². The molecule has 2 heterocycles. The lowest BCUT2D eigenvalue weighted by molar-refractivity contribution is -0.385. The van der Waals surface area contributed by atoms with Gasteiger partial charge in [-0.05, 0) is 24.6 Å². The number of benzene rings is 1. The Morgan fingerprint density at radius 2 is 1.81 bits per heavy atom. The Hall–Kier alpha value is -3.17. The normalized spacial score (nSPS) is 14.8. The molecule has 1 saturated heterocycles. The van der Waals surface area contributed by atoms with Crippen molar-refractivity contribution in [2.75, 3.05) is 31.1 Å². The van der Waals surface area contributed by atoms with Crippen LogP contribution in [-0.4, -0.2) is 46.9 Å². The number of pyridine rings is 1. The molecule has 27 heavy (non-hydrogen) atoms. The molecule has 2 aromatic rings. The van der Waals surface area contributed by atoms with Crippen molar-refractivity contribution < 1.29 is 22.9 Å². The molecule has 1 fully saturated rings. The van der Waals surface area contributed by atoms with E-state index in [4.69, 9.17) is 0 Å². The fraction of sp³-hybridized carbons (Fsp3) is 0.294. The quantitative estimate of drug-likeness (QED) is 0.465. The van der Waals surface area contributed by atoms with Crippen molar-refractivity contribution in [1.29, 1.82) is 0 Å². The predicted molar refractivity (Wildman–Crippen MR) is 89.9 cm³/mol. The van der Waals surface area contributed by atoms with E-state index in [0.29, 0.717) is 31.9 Å². The lowest BCUT2D eigenvalue weighted by Crippen LogP contribution is -2.36. The van der Waals surface area contributed by atoms with Crippen molar-refractivity contribution in [3.05, 3.63) is 63.6 Å². The molecule has 1 aliphatic heterocycles. The first kappa shape index (κ1) is 18.6. The van der Waals surface area contributed by atoms with E-state index in [1.54, 1.807) is 0 Å². The molecule has 7 nitrogen and oxygen atoms in total. The van der Waals surface area contributed by atoms with Crippen LogP contribution in [0.1, 0.15) is 16.8 Å². The van der Waals surface area contributed by atoms with Gasteiger partial charge in [0.05, 0.1) is 10.5 Å². The van der Waals surface area contributed by atoms with E-state index in [-0.39, 0.29) is 12.2 Å². The van der Waals surface area contributed by atoms with Crippen LogP contribution in [0.25, 0.3) is 0 Å². The van der Waals surface area contributed by atoms with Gasteiger partial charge >= 0.3 is 0 Å². The van der Waals surface area contributed by atoms with Crippen LogP contribution in [0.5, 0.6) is 0 Å². The number of nitrogens with zero attached hydrogens (tertiary/aromatic N) is 4. The number of carbonyl (C=O) groups excluding carboxylic acids is 1. The molecule has 3 rings (SSSR count). The zero-order valence-corrected chi connectivity index (χ0v) is 14.1. The van der Waals surface area contributed by atoms with E-state index < -0.39 is 33.8 Å². The van der Waals surface area contributed by atoms with Crippen LogP contribution < -0.4 is 4.90 Å². The molecule has 1 aromatic heterocycles. The maximum absolute atomic E-state index is 13.9. The lowest BCUT2D eigenvalue weighted by atomic mass is 10.1. The molecule has 0 saturated carbocycles. The van der Waals surface area contributed by atoms with Gasteiger partial charge in [0.2, 0.25) is 0 Å². The summed E-state index contributed by atoms with van der Waals surface area (Å²) in [5.41, 5.74) is -0.644. The third-order valence-electron chi connectivity index (χ3n) is 4.32. The second-order valence-electron chi connectivity index (χ2n) is 5.99. The monoisotopic (exact) mass is 380 g/mol. The third kappa shape index (κ3) is 3.83. The minimum atomic E-state index is -1.67. The molecule has 142 valence electrons. The van der Waals surface area contributed by atoms with Crippen LogP contribution in [0.4, 0.5) is 24.7 Å². The topological polar surface area (TPSA) is 79.6 Å². The number of rotatable bonds is 3. The van der Waals surface area contributed by atoms with E-state index in [1.165, 1.54) is 17.0 Å². The first-order chi connectivity index (χ1) is 12.9. The van der Waals surface area contributed by atoms with Crippen molar-refractivity contribution in [3.8, 4) is 0 Å². The first-order valence-electron chi connectivity index (χ1n) is 8.16. The summed E-state index contributed by atoms with van der Waals surface area (Å²) >= 11 is 0. The molecule has 1 amide bonds. The molecular formula is C17H15F3N4O3. The van der Waals surface area contributed by atoms with Crippen molar-refractivity contribution in [2.24, 2.45) is 0 Å². The molecule has 1 aromatic carbocycles. The van der Waals surface area contributed by atoms with Crippen LogP contribution >= 0.6 is 0 Å². The highest BCUT2D eigenvalue weighted by Crippen LogP contribution is 2.20. The Labute approximate surface area is 152 Å². The van der Waals surface area contributed by atoms with Crippen molar-refractivity contribution in [2.45, 2.75) is 6.42 Å².